The van der Waals surface area contributed by atoms with Crippen molar-refractivity contribution in [2.45, 2.75) is 6.92 Å². The first-order valence-corrected chi connectivity index (χ1v) is 9.39. The lowest BCUT2D eigenvalue weighted by Crippen LogP contribution is -2.13. The molecule has 0 bridgehead atoms. The van der Waals surface area contributed by atoms with Gasteiger partial charge in [0, 0.05) is 11.6 Å². The van der Waals surface area contributed by atoms with Gasteiger partial charge in [0.05, 0.1) is 10.2 Å². The summed E-state index contributed by atoms with van der Waals surface area (Å²) in [6.07, 6.45) is 1.43. The van der Waals surface area contributed by atoms with Crippen molar-refractivity contribution in [1.82, 2.24) is 4.98 Å². The zero-order valence-electron chi connectivity index (χ0n) is 15.0. The molecule has 0 aliphatic rings. The number of furan rings is 1. The number of carbonyl (C=O) groups excluding carboxylic acids is 1. The van der Waals surface area contributed by atoms with Gasteiger partial charge in [0.1, 0.15) is 23.2 Å². The van der Waals surface area contributed by atoms with Gasteiger partial charge in [0.25, 0.3) is 5.91 Å². The van der Waals surface area contributed by atoms with Crippen molar-refractivity contribution in [3.05, 3.63) is 77.6 Å². The number of carbonyl (C=O) groups is 1. The number of nitrogens with one attached hydrogen (secondary N) is 1. The fourth-order valence-electron chi connectivity index (χ4n) is 2.68. The van der Waals surface area contributed by atoms with Crippen LogP contribution in [0.25, 0.3) is 27.6 Å². The Bertz CT molecular complexity index is 1190. The van der Waals surface area contributed by atoms with Crippen LogP contribution in [0.3, 0.4) is 0 Å². The first-order valence-electron chi connectivity index (χ1n) is 8.58. The molecule has 4 rings (SSSR count). The van der Waals surface area contributed by atoms with Gasteiger partial charge in [-0.2, -0.15) is 5.26 Å². The van der Waals surface area contributed by atoms with Crippen LogP contribution in [0.5, 0.6) is 0 Å². The summed E-state index contributed by atoms with van der Waals surface area (Å²) in [5.74, 6) is 0.594. The SMILES string of the molecule is Cc1ccc(-c2ccc(/C=C(\C#N)C(=O)Nc3nc4ccccc4s3)o2)cc1. The minimum absolute atomic E-state index is 0.0518. The summed E-state index contributed by atoms with van der Waals surface area (Å²) in [5, 5.41) is 12.5. The van der Waals surface area contributed by atoms with Crippen LogP contribution in [-0.2, 0) is 4.79 Å². The highest BCUT2D eigenvalue weighted by molar-refractivity contribution is 7.22. The molecule has 136 valence electrons. The summed E-state index contributed by atoms with van der Waals surface area (Å²) >= 11 is 1.36. The third-order valence-electron chi connectivity index (χ3n) is 4.13. The molecule has 2 aromatic heterocycles. The van der Waals surface area contributed by atoms with E-state index in [2.05, 4.69) is 10.3 Å². The van der Waals surface area contributed by atoms with Crippen LogP contribution in [0.2, 0.25) is 0 Å². The molecule has 0 fully saturated rings. The number of anilines is 1. The fourth-order valence-corrected chi connectivity index (χ4v) is 3.55. The number of thiazole rings is 1. The van der Waals surface area contributed by atoms with Crippen molar-refractivity contribution in [3.63, 3.8) is 0 Å². The maximum absolute atomic E-state index is 12.5. The number of rotatable bonds is 4. The average Bonchev–Trinajstić information content (AvgIpc) is 3.32. The molecule has 0 atom stereocenters. The predicted molar refractivity (Wildman–Crippen MR) is 111 cm³/mol. The van der Waals surface area contributed by atoms with Crippen LogP contribution in [0.4, 0.5) is 5.13 Å². The van der Waals surface area contributed by atoms with E-state index in [9.17, 15) is 10.1 Å². The van der Waals surface area contributed by atoms with Gasteiger partial charge in [-0.1, -0.05) is 53.3 Å². The number of nitrogens with zero attached hydrogens (tertiary/aromatic N) is 2. The van der Waals surface area contributed by atoms with E-state index in [0.717, 1.165) is 21.3 Å². The molecule has 1 N–H and O–H groups in total. The first-order chi connectivity index (χ1) is 13.6. The second-order valence-electron chi connectivity index (χ2n) is 6.18. The molecule has 0 radical (unpaired) electrons. The molecular formula is C22H15N3O2S. The smallest absolute Gasteiger partial charge is 0.268 e. The van der Waals surface area contributed by atoms with Crippen molar-refractivity contribution >= 4 is 38.7 Å². The Hall–Kier alpha value is -3.69. The average molecular weight is 385 g/mol. The Kier molecular flexibility index (Phi) is 4.75. The van der Waals surface area contributed by atoms with Gasteiger partial charge >= 0.3 is 0 Å². The van der Waals surface area contributed by atoms with Gasteiger partial charge in [0.2, 0.25) is 0 Å². The van der Waals surface area contributed by atoms with Crippen LogP contribution < -0.4 is 5.32 Å². The van der Waals surface area contributed by atoms with Crippen molar-refractivity contribution in [1.29, 1.82) is 5.26 Å². The van der Waals surface area contributed by atoms with E-state index in [1.54, 1.807) is 6.07 Å². The van der Waals surface area contributed by atoms with E-state index >= 15 is 0 Å². The van der Waals surface area contributed by atoms with Gasteiger partial charge in [-0.15, -0.1) is 0 Å². The van der Waals surface area contributed by atoms with Gasteiger partial charge in [-0.05, 0) is 31.2 Å². The summed E-state index contributed by atoms with van der Waals surface area (Å²) in [4.78, 5) is 16.8. The Morgan fingerprint density at radius 2 is 1.93 bits per heavy atom. The van der Waals surface area contributed by atoms with Crippen molar-refractivity contribution in [2.24, 2.45) is 0 Å². The van der Waals surface area contributed by atoms with Crippen LogP contribution >= 0.6 is 11.3 Å². The largest absolute Gasteiger partial charge is 0.457 e. The Morgan fingerprint density at radius 1 is 1.14 bits per heavy atom. The zero-order chi connectivity index (χ0) is 19.5. The lowest BCUT2D eigenvalue weighted by molar-refractivity contribution is -0.112. The molecule has 2 aromatic carbocycles. The molecule has 5 nitrogen and oxygen atoms in total. The molecule has 0 saturated heterocycles. The van der Waals surface area contributed by atoms with Crippen LogP contribution in [-0.4, -0.2) is 10.9 Å². The van der Waals surface area contributed by atoms with Crippen LogP contribution in [0, 0.1) is 18.3 Å². The quantitative estimate of drug-likeness (QED) is 0.376. The highest BCUT2D eigenvalue weighted by Crippen LogP contribution is 2.26. The van der Waals surface area contributed by atoms with Gasteiger partial charge in [0.15, 0.2) is 5.13 Å². The van der Waals surface area contributed by atoms with E-state index in [-0.39, 0.29) is 5.57 Å². The van der Waals surface area contributed by atoms with Crippen LogP contribution in [0.1, 0.15) is 11.3 Å². The van der Waals surface area contributed by atoms with E-state index in [0.29, 0.717) is 16.7 Å². The normalized spacial score (nSPS) is 11.4. The highest BCUT2D eigenvalue weighted by atomic mass is 32.1. The number of fused-ring (bicyclic) bond motifs is 1. The second-order valence-corrected chi connectivity index (χ2v) is 7.21. The molecule has 0 saturated carbocycles. The summed E-state index contributed by atoms with van der Waals surface area (Å²) in [7, 11) is 0. The molecule has 4 aromatic rings. The molecule has 0 aliphatic carbocycles. The number of para-hydroxylation sites is 1. The summed E-state index contributed by atoms with van der Waals surface area (Å²) < 4.78 is 6.74. The number of amides is 1. The minimum atomic E-state index is -0.519. The lowest BCUT2D eigenvalue weighted by atomic mass is 10.1. The topological polar surface area (TPSA) is 78.9 Å². The maximum atomic E-state index is 12.5. The zero-order valence-corrected chi connectivity index (χ0v) is 15.8. The number of aromatic nitrogens is 1. The van der Waals surface area contributed by atoms with Gasteiger partial charge < -0.3 is 4.42 Å². The summed E-state index contributed by atoms with van der Waals surface area (Å²) in [6, 6.07) is 21.0. The van der Waals surface area contributed by atoms with Crippen molar-refractivity contribution < 1.29 is 9.21 Å². The standard InChI is InChI=1S/C22H15N3O2S/c1-14-6-8-15(9-7-14)19-11-10-17(27-19)12-16(13-23)21(26)25-22-24-18-4-2-3-5-20(18)28-22/h2-12H,1H3,(H,24,25,26)/b16-12+. The molecule has 2 heterocycles. The molecule has 1 amide bonds. The number of nitriles is 1. The molecule has 28 heavy (non-hydrogen) atoms. The molecule has 6 heteroatoms. The van der Waals surface area contributed by atoms with Crippen molar-refractivity contribution in [3.8, 4) is 17.4 Å². The maximum Gasteiger partial charge on any atom is 0.268 e. The predicted octanol–water partition coefficient (Wildman–Crippen LogP) is 5.41. The monoisotopic (exact) mass is 385 g/mol. The Balaban J connectivity index is 1.54. The Labute approximate surface area is 165 Å². The molecular weight excluding hydrogens is 370 g/mol. The van der Waals surface area contributed by atoms with Crippen LogP contribution in [0.15, 0.2) is 70.7 Å². The molecule has 0 aliphatic heterocycles. The number of hydrogen-bond acceptors (Lipinski definition) is 5. The fraction of sp³-hybridized carbons (Fsp3) is 0.0455. The number of hydrogen-bond donors (Lipinski definition) is 1. The van der Waals surface area contributed by atoms with Gasteiger partial charge in [-0.25, -0.2) is 4.98 Å². The number of benzene rings is 2. The van der Waals surface area contributed by atoms with E-state index < -0.39 is 5.91 Å². The van der Waals surface area contributed by atoms with E-state index in [4.69, 9.17) is 4.42 Å². The highest BCUT2D eigenvalue weighted by Gasteiger charge is 2.14. The lowest BCUT2D eigenvalue weighted by Gasteiger charge is -1.99. The van der Waals surface area contributed by atoms with Crippen molar-refractivity contribution in [2.75, 3.05) is 5.32 Å². The summed E-state index contributed by atoms with van der Waals surface area (Å²) in [5.41, 5.74) is 2.85. The Morgan fingerprint density at radius 3 is 2.68 bits per heavy atom. The molecule has 0 spiro atoms. The minimum Gasteiger partial charge on any atom is -0.457 e. The number of aryl methyl sites for hydroxylation is 1. The first kappa shape index (κ1) is 17.7. The third kappa shape index (κ3) is 3.70. The second kappa shape index (κ2) is 7.51. The van der Waals surface area contributed by atoms with E-state index in [1.807, 2.05) is 67.6 Å². The third-order valence-corrected chi connectivity index (χ3v) is 5.08. The summed E-state index contributed by atoms with van der Waals surface area (Å²) in [6.45, 7) is 2.02. The van der Waals surface area contributed by atoms with Gasteiger partial charge in [-0.3, -0.25) is 10.1 Å². The van der Waals surface area contributed by atoms with E-state index in [1.165, 1.54) is 17.4 Å². The molecule has 0 unspecified atom stereocenters.